The van der Waals surface area contributed by atoms with Crippen molar-refractivity contribution < 1.29 is 27.9 Å². The number of carboxylic acid groups (broad SMARTS) is 1. The summed E-state index contributed by atoms with van der Waals surface area (Å²) in [4.78, 5) is 24.8. The molecule has 1 amide bonds. The van der Waals surface area contributed by atoms with Gasteiger partial charge < -0.3 is 14.7 Å². The van der Waals surface area contributed by atoms with Gasteiger partial charge in [0.15, 0.2) is 0 Å². The van der Waals surface area contributed by atoms with Gasteiger partial charge in [-0.2, -0.15) is 4.31 Å². The Morgan fingerprint density at radius 1 is 1.35 bits per heavy atom. The van der Waals surface area contributed by atoms with Crippen molar-refractivity contribution in [2.24, 2.45) is 5.92 Å². The number of carboxylic acids is 1. The van der Waals surface area contributed by atoms with Gasteiger partial charge in [0.2, 0.25) is 15.9 Å². The Bertz CT molecular complexity index is 545. The van der Waals surface area contributed by atoms with Crippen LogP contribution < -0.4 is 0 Å². The molecule has 1 N–H and O–H groups in total. The van der Waals surface area contributed by atoms with E-state index in [2.05, 4.69) is 0 Å². The fourth-order valence-corrected chi connectivity index (χ4v) is 3.61. The first-order valence-corrected chi connectivity index (χ1v) is 9.67. The van der Waals surface area contributed by atoms with Crippen molar-refractivity contribution in [3.05, 3.63) is 0 Å². The summed E-state index contributed by atoms with van der Waals surface area (Å²) in [5.74, 6) is -0.667. The first-order chi connectivity index (χ1) is 10.8. The van der Waals surface area contributed by atoms with Crippen LogP contribution in [0, 0.1) is 5.92 Å². The van der Waals surface area contributed by atoms with Crippen LogP contribution in [0.1, 0.15) is 25.7 Å². The minimum Gasteiger partial charge on any atom is -0.480 e. The average molecular weight is 348 g/mol. The van der Waals surface area contributed by atoms with Crippen LogP contribution in [0.25, 0.3) is 0 Å². The van der Waals surface area contributed by atoms with Crippen molar-refractivity contribution in [3.63, 3.8) is 0 Å². The number of carbonyl (C=O) groups is 2. The van der Waals surface area contributed by atoms with Crippen molar-refractivity contribution in [2.45, 2.75) is 31.8 Å². The molecule has 1 unspecified atom stereocenters. The van der Waals surface area contributed by atoms with Gasteiger partial charge in [-0.05, 0) is 18.8 Å². The molecule has 0 aromatic heterocycles. The van der Waals surface area contributed by atoms with E-state index in [4.69, 9.17) is 9.84 Å². The highest BCUT2D eigenvalue weighted by Crippen LogP contribution is 2.30. The SMILES string of the molecule is CS(=O)(=O)N(CC(=O)O)CC1CN(C(=O)CC2CCC2)CCO1. The van der Waals surface area contributed by atoms with E-state index in [-0.39, 0.29) is 12.5 Å². The first-order valence-electron chi connectivity index (χ1n) is 7.82. The van der Waals surface area contributed by atoms with E-state index in [0.717, 1.165) is 23.4 Å². The zero-order valence-corrected chi connectivity index (χ0v) is 14.1. The van der Waals surface area contributed by atoms with Gasteiger partial charge in [0.05, 0.1) is 19.0 Å². The molecule has 2 fully saturated rings. The first kappa shape index (κ1) is 18.2. The fraction of sp³-hybridized carbons (Fsp3) is 0.857. The lowest BCUT2D eigenvalue weighted by atomic mass is 9.82. The summed E-state index contributed by atoms with van der Waals surface area (Å²) in [6, 6.07) is 0. The van der Waals surface area contributed by atoms with E-state index >= 15 is 0 Å². The maximum atomic E-state index is 12.3. The Morgan fingerprint density at radius 2 is 2.04 bits per heavy atom. The quantitative estimate of drug-likeness (QED) is 0.680. The Balaban J connectivity index is 1.91. The number of carbonyl (C=O) groups excluding carboxylic acids is 1. The van der Waals surface area contributed by atoms with Crippen molar-refractivity contribution in [1.29, 1.82) is 0 Å². The number of nitrogens with zero attached hydrogens (tertiary/aromatic N) is 2. The predicted octanol–water partition coefficient (Wildman–Crippen LogP) is -0.250. The van der Waals surface area contributed by atoms with Gasteiger partial charge in [0.1, 0.15) is 6.54 Å². The summed E-state index contributed by atoms with van der Waals surface area (Å²) in [5, 5.41) is 8.84. The minimum atomic E-state index is -3.64. The molecular weight excluding hydrogens is 324 g/mol. The summed E-state index contributed by atoms with van der Waals surface area (Å²) < 4.78 is 29.7. The standard InChI is InChI=1S/C14H24N2O6S/c1-23(20,21)16(10-14(18)19)9-12-8-15(5-6-22-12)13(17)7-11-3-2-4-11/h11-12H,2-10H2,1H3,(H,18,19). The molecule has 0 aromatic rings. The summed E-state index contributed by atoms with van der Waals surface area (Å²) in [7, 11) is -3.64. The molecule has 1 aliphatic heterocycles. The molecule has 9 heteroatoms. The highest BCUT2D eigenvalue weighted by atomic mass is 32.2. The fourth-order valence-electron chi connectivity index (χ4n) is 2.82. The molecule has 1 heterocycles. The second kappa shape index (κ2) is 7.59. The maximum Gasteiger partial charge on any atom is 0.318 e. The Morgan fingerprint density at radius 3 is 2.57 bits per heavy atom. The van der Waals surface area contributed by atoms with Crippen molar-refractivity contribution in [2.75, 3.05) is 39.0 Å². The van der Waals surface area contributed by atoms with Crippen LogP contribution in [-0.4, -0.2) is 79.8 Å². The highest BCUT2D eigenvalue weighted by molar-refractivity contribution is 7.88. The lowest BCUT2D eigenvalue weighted by molar-refractivity contribution is -0.142. The van der Waals surface area contributed by atoms with Crippen LogP contribution in [-0.2, 0) is 24.3 Å². The average Bonchev–Trinajstić information content (AvgIpc) is 2.41. The van der Waals surface area contributed by atoms with Crippen LogP contribution in [0.3, 0.4) is 0 Å². The van der Waals surface area contributed by atoms with Gasteiger partial charge in [0.25, 0.3) is 0 Å². The van der Waals surface area contributed by atoms with Crippen LogP contribution in [0.4, 0.5) is 0 Å². The third-order valence-corrected chi connectivity index (χ3v) is 5.58. The molecule has 1 atom stereocenters. The summed E-state index contributed by atoms with van der Waals surface area (Å²) >= 11 is 0. The third kappa shape index (κ3) is 5.43. The van der Waals surface area contributed by atoms with Gasteiger partial charge in [-0.3, -0.25) is 9.59 Å². The number of aliphatic carboxylic acids is 1. The molecule has 2 aliphatic rings. The smallest absolute Gasteiger partial charge is 0.318 e. The van der Waals surface area contributed by atoms with Crippen LogP contribution in [0.15, 0.2) is 0 Å². The van der Waals surface area contributed by atoms with Crippen LogP contribution in [0.5, 0.6) is 0 Å². The van der Waals surface area contributed by atoms with E-state index in [1.54, 1.807) is 4.90 Å². The molecule has 0 spiro atoms. The highest BCUT2D eigenvalue weighted by Gasteiger charge is 2.31. The van der Waals surface area contributed by atoms with Gasteiger partial charge in [-0.25, -0.2) is 8.42 Å². The monoisotopic (exact) mass is 348 g/mol. The van der Waals surface area contributed by atoms with E-state index < -0.39 is 28.6 Å². The summed E-state index contributed by atoms with van der Waals surface area (Å²) in [6.45, 7) is 0.482. The second-order valence-electron chi connectivity index (χ2n) is 6.28. The Labute approximate surface area is 136 Å². The van der Waals surface area contributed by atoms with Crippen molar-refractivity contribution in [3.8, 4) is 0 Å². The molecule has 1 saturated heterocycles. The molecule has 1 saturated carbocycles. The predicted molar refractivity (Wildman–Crippen MR) is 82.3 cm³/mol. The Hall–Kier alpha value is -1.19. The largest absolute Gasteiger partial charge is 0.480 e. The lowest BCUT2D eigenvalue weighted by Crippen LogP contribution is -2.51. The number of sulfonamides is 1. The van der Waals surface area contributed by atoms with Gasteiger partial charge in [-0.1, -0.05) is 6.42 Å². The number of morpholine rings is 1. The third-order valence-electron chi connectivity index (χ3n) is 4.37. The van der Waals surface area contributed by atoms with E-state index in [0.29, 0.717) is 32.0 Å². The second-order valence-corrected chi connectivity index (χ2v) is 8.27. The number of hydrogen-bond donors (Lipinski definition) is 1. The summed E-state index contributed by atoms with van der Waals surface area (Å²) in [6.07, 6.45) is 4.39. The number of rotatable bonds is 7. The number of amides is 1. The lowest BCUT2D eigenvalue weighted by Gasteiger charge is -2.36. The zero-order chi connectivity index (χ0) is 17.0. The van der Waals surface area contributed by atoms with Crippen molar-refractivity contribution >= 4 is 21.9 Å². The van der Waals surface area contributed by atoms with E-state index in [1.165, 1.54) is 6.42 Å². The minimum absolute atomic E-state index is 0.0572. The Kier molecular flexibility index (Phi) is 5.99. The molecule has 0 bridgehead atoms. The molecule has 1 aliphatic carbocycles. The molecule has 0 aromatic carbocycles. The molecule has 0 radical (unpaired) electrons. The topological polar surface area (TPSA) is 104 Å². The molecule has 8 nitrogen and oxygen atoms in total. The van der Waals surface area contributed by atoms with Crippen LogP contribution in [0.2, 0.25) is 0 Å². The van der Waals surface area contributed by atoms with Gasteiger partial charge >= 0.3 is 5.97 Å². The molecule has 2 rings (SSSR count). The molecular formula is C14H24N2O6S. The van der Waals surface area contributed by atoms with Gasteiger partial charge in [0, 0.05) is 26.1 Å². The normalized spacial score (nSPS) is 22.9. The number of ether oxygens (including phenoxy) is 1. The van der Waals surface area contributed by atoms with Crippen LogP contribution >= 0.6 is 0 Å². The number of hydrogen-bond acceptors (Lipinski definition) is 5. The molecule has 132 valence electrons. The molecule has 23 heavy (non-hydrogen) atoms. The zero-order valence-electron chi connectivity index (χ0n) is 13.3. The van der Waals surface area contributed by atoms with Crippen molar-refractivity contribution in [1.82, 2.24) is 9.21 Å². The van der Waals surface area contributed by atoms with Gasteiger partial charge in [-0.15, -0.1) is 0 Å². The maximum absolute atomic E-state index is 12.3. The summed E-state index contributed by atoms with van der Waals surface area (Å²) in [5.41, 5.74) is 0. The van der Waals surface area contributed by atoms with E-state index in [9.17, 15) is 18.0 Å². The van der Waals surface area contributed by atoms with E-state index in [1.807, 2.05) is 0 Å².